The zero-order chi connectivity index (χ0) is 42.8. The van der Waals surface area contributed by atoms with Crippen LogP contribution in [0.5, 0.6) is 0 Å². The number of benzene rings is 1. The van der Waals surface area contributed by atoms with Crippen LogP contribution in [0.3, 0.4) is 0 Å². The molecule has 59 heavy (non-hydrogen) atoms. The quantitative estimate of drug-likeness (QED) is 0.0384. The second-order valence-corrected chi connectivity index (χ2v) is 15.8. The molecule has 1 N–H and O–H groups in total. The molecule has 1 aromatic rings. The zero-order valence-electron chi connectivity index (χ0n) is 36.4. The van der Waals surface area contributed by atoms with Crippen molar-refractivity contribution in [3.05, 3.63) is 35.4 Å². The topological polar surface area (TPSA) is 161 Å². The SMILES string of the molecule is CCCCCCCCCCCCCCOC(=O)C1OC(c2ccc(C(=O)OCCOC(=O)CCCC(=O)O)cc2)OC1C(=O)OCCCCCCCCCCCCCC. The molecule has 0 aliphatic carbocycles. The maximum Gasteiger partial charge on any atom is 0.338 e. The Morgan fingerprint density at radius 1 is 0.475 bits per heavy atom. The summed E-state index contributed by atoms with van der Waals surface area (Å²) in [6.07, 6.45) is 24.9. The number of ether oxygens (including phenoxy) is 6. The minimum absolute atomic E-state index is 0.0386. The third-order valence-electron chi connectivity index (χ3n) is 10.5. The molecule has 2 unspecified atom stereocenters. The molecule has 2 rings (SSSR count). The second kappa shape index (κ2) is 34.2. The zero-order valence-corrected chi connectivity index (χ0v) is 36.4. The van der Waals surface area contributed by atoms with Gasteiger partial charge in [0.2, 0.25) is 0 Å². The summed E-state index contributed by atoms with van der Waals surface area (Å²) in [7, 11) is 0. The van der Waals surface area contributed by atoms with Crippen molar-refractivity contribution in [2.75, 3.05) is 26.4 Å². The lowest BCUT2D eigenvalue weighted by Crippen LogP contribution is -2.39. The summed E-state index contributed by atoms with van der Waals surface area (Å²) in [6, 6.07) is 6.17. The number of carbonyl (C=O) groups is 5. The minimum Gasteiger partial charge on any atom is -0.481 e. The van der Waals surface area contributed by atoms with E-state index >= 15 is 0 Å². The van der Waals surface area contributed by atoms with Crippen molar-refractivity contribution in [1.82, 2.24) is 0 Å². The predicted octanol–water partition coefficient (Wildman–Crippen LogP) is 10.9. The lowest BCUT2D eigenvalue weighted by molar-refractivity contribution is -0.163. The molecule has 1 heterocycles. The smallest absolute Gasteiger partial charge is 0.338 e. The molecule has 1 fully saturated rings. The Balaban J connectivity index is 1.81. The van der Waals surface area contributed by atoms with Gasteiger partial charge in [-0.1, -0.05) is 167 Å². The molecule has 0 bridgehead atoms. The first kappa shape index (κ1) is 51.6. The van der Waals surface area contributed by atoms with Crippen molar-refractivity contribution in [1.29, 1.82) is 0 Å². The van der Waals surface area contributed by atoms with Gasteiger partial charge in [0.25, 0.3) is 0 Å². The lowest BCUT2D eigenvalue weighted by Gasteiger charge is -2.15. The molecular weight excluding hydrogens is 757 g/mol. The van der Waals surface area contributed by atoms with Gasteiger partial charge in [-0.25, -0.2) is 14.4 Å². The Bertz CT molecular complexity index is 1230. The summed E-state index contributed by atoms with van der Waals surface area (Å²) >= 11 is 0. The van der Waals surface area contributed by atoms with Crippen LogP contribution in [0.2, 0.25) is 0 Å². The molecular formula is C47H76O12. The van der Waals surface area contributed by atoms with Crippen molar-refractivity contribution >= 4 is 29.8 Å². The maximum atomic E-state index is 13.3. The number of aliphatic carboxylic acids is 1. The monoisotopic (exact) mass is 833 g/mol. The highest BCUT2D eigenvalue weighted by Gasteiger charge is 2.47. The normalized spacial score (nSPS) is 16.1. The summed E-state index contributed by atoms with van der Waals surface area (Å²) in [4.78, 5) is 61.4. The van der Waals surface area contributed by atoms with Gasteiger partial charge in [-0.3, -0.25) is 9.59 Å². The maximum absolute atomic E-state index is 13.3. The average molecular weight is 833 g/mol. The first-order chi connectivity index (χ1) is 28.8. The van der Waals surface area contributed by atoms with E-state index in [0.29, 0.717) is 5.56 Å². The molecule has 0 amide bonds. The Morgan fingerprint density at radius 2 is 0.864 bits per heavy atom. The highest BCUT2D eigenvalue weighted by molar-refractivity contribution is 5.89. The van der Waals surface area contributed by atoms with E-state index in [1.807, 2.05) is 0 Å². The number of carboxylic acid groups (broad SMARTS) is 1. The van der Waals surface area contributed by atoms with E-state index in [1.54, 1.807) is 12.1 Å². The Morgan fingerprint density at radius 3 is 1.27 bits per heavy atom. The van der Waals surface area contributed by atoms with Crippen molar-refractivity contribution in [3.63, 3.8) is 0 Å². The van der Waals surface area contributed by atoms with Gasteiger partial charge < -0.3 is 33.5 Å². The number of carbonyl (C=O) groups excluding carboxylic acids is 4. The number of rotatable bonds is 37. The number of hydrogen-bond acceptors (Lipinski definition) is 11. The molecule has 0 spiro atoms. The van der Waals surface area contributed by atoms with Crippen molar-refractivity contribution in [2.24, 2.45) is 0 Å². The van der Waals surface area contributed by atoms with Crippen molar-refractivity contribution < 1.29 is 57.5 Å². The molecule has 0 radical (unpaired) electrons. The summed E-state index contributed by atoms with van der Waals surface area (Å²) in [5.74, 6) is -3.56. The highest BCUT2D eigenvalue weighted by atomic mass is 16.8. The Labute approximate surface area is 354 Å². The van der Waals surface area contributed by atoms with Gasteiger partial charge in [0.05, 0.1) is 18.8 Å². The predicted molar refractivity (Wildman–Crippen MR) is 226 cm³/mol. The van der Waals surface area contributed by atoms with Gasteiger partial charge in [0.15, 0.2) is 18.5 Å². The molecule has 1 aliphatic heterocycles. The highest BCUT2D eigenvalue weighted by Crippen LogP contribution is 2.33. The van der Waals surface area contributed by atoms with Crippen LogP contribution in [0.15, 0.2) is 24.3 Å². The summed E-state index contributed by atoms with van der Waals surface area (Å²) in [6.45, 7) is 4.59. The van der Waals surface area contributed by atoms with E-state index in [0.717, 1.165) is 38.5 Å². The van der Waals surface area contributed by atoms with Crippen LogP contribution in [0.1, 0.15) is 209 Å². The molecule has 12 nitrogen and oxygen atoms in total. The number of esters is 4. The second-order valence-electron chi connectivity index (χ2n) is 15.8. The molecule has 2 atom stereocenters. The van der Waals surface area contributed by atoms with Gasteiger partial charge in [-0.2, -0.15) is 0 Å². The largest absolute Gasteiger partial charge is 0.481 e. The van der Waals surface area contributed by atoms with Gasteiger partial charge in [-0.15, -0.1) is 0 Å². The van der Waals surface area contributed by atoms with Crippen LogP contribution in [0.25, 0.3) is 0 Å². The van der Waals surface area contributed by atoms with Crippen LogP contribution in [0.4, 0.5) is 0 Å². The summed E-state index contributed by atoms with van der Waals surface area (Å²) in [5, 5.41) is 8.67. The Hall–Kier alpha value is -3.51. The fraction of sp³-hybridized carbons (Fsp3) is 0.766. The number of hydrogen-bond donors (Lipinski definition) is 1. The van der Waals surface area contributed by atoms with Crippen molar-refractivity contribution in [3.8, 4) is 0 Å². The molecule has 12 heteroatoms. The van der Waals surface area contributed by atoms with Gasteiger partial charge in [0, 0.05) is 18.4 Å². The van der Waals surface area contributed by atoms with Gasteiger partial charge in [0.1, 0.15) is 13.2 Å². The van der Waals surface area contributed by atoms with Gasteiger partial charge in [-0.05, 0) is 31.4 Å². The molecule has 336 valence electrons. The first-order valence-corrected chi connectivity index (χ1v) is 23.1. The summed E-state index contributed by atoms with van der Waals surface area (Å²) < 4.78 is 33.3. The van der Waals surface area contributed by atoms with Crippen molar-refractivity contribution in [2.45, 2.75) is 206 Å². The fourth-order valence-corrected chi connectivity index (χ4v) is 6.96. The average Bonchev–Trinajstić information content (AvgIpc) is 3.69. The number of unbranched alkanes of at least 4 members (excludes halogenated alkanes) is 22. The van der Waals surface area contributed by atoms with Crippen LogP contribution in [-0.2, 0) is 47.6 Å². The summed E-state index contributed by atoms with van der Waals surface area (Å²) in [5.41, 5.74) is 0.697. The molecule has 1 saturated heterocycles. The van der Waals surface area contributed by atoms with Crippen LogP contribution in [0, 0.1) is 0 Å². The lowest BCUT2D eigenvalue weighted by atomic mass is 10.1. The van der Waals surface area contributed by atoms with Crippen LogP contribution < -0.4 is 0 Å². The minimum atomic E-state index is -1.30. The molecule has 1 aromatic carbocycles. The third kappa shape index (κ3) is 25.0. The van der Waals surface area contributed by atoms with Gasteiger partial charge >= 0.3 is 29.8 Å². The number of carboxylic acids is 1. The van der Waals surface area contributed by atoms with E-state index < -0.39 is 48.3 Å². The fourth-order valence-electron chi connectivity index (χ4n) is 6.96. The van der Waals surface area contributed by atoms with Crippen LogP contribution >= 0.6 is 0 Å². The van der Waals surface area contributed by atoms with E-state index in [1.165, 1.54) is 128 Å². The van der Waals surface area contributed by atoms with E-state index in [-0.39, 0.29) is 51.3 Å². The standard InChI is InChI=1S/C47H76O12/c1-3-5-7-9-11-13-15-17-19-21-23-25-34-55-45(52)42-43(46(53)56-35-26-24-22-20-18-16-14-12-10-8-6-4-2)59-47(58-42)39-32-30-38(31-33-39)44(51)57-37-36-54-41(50)29-27-28-40(48)49/h30-33,42-43,47H,3-29,34-37H2,1-2H3,(H,48,49). The van der Waals surface area contributed by atoms with E-state index in [4.69, 9.17) is 33.5 Å². The van der Waals surface area contributed by atoms with E-state index in [9.17, 15) is 24.0 Å². The van der Waals surface area contributed by atoms with Crippen LogP contribution in [-0.4, -0.2) is 73.6 Å². The molecule has 1 aliphatic rings. The van der Waals surface area contributed by atoms with E-state index in [2.05, 4.69) is 13.8 Å². The third-order valence-corrected chi connectivity index (χ3v) is 10.5. The Kier molecular flexibility index (Phi) is 30.0. The molecule has 0 saturated carbocycles. The molecule has 0 aromatic heterocycles. The first-order valence-electron chi connectivity index (χ1n) is 23.1.